The van der Waals surface area contributed by atoms with Gasteiger partial charge in [0.2, 0.25) is 5.78 Å². The second kappa shape index (κ2) is 2.86. The van der Waals surface area contributed by atoms with E-state index in [0.717, 1.165) is 6.92 Å². The third-order valence-corrected chi connectivity index (χ3v) is 0.899. The highest BCUT2D eigenvalue weighted by Gasteiger charge is 2.32. The van der Waals surface area contributed by atoms with E-state index in [1.807, 2.05) is 0 Å². The van der Waals surface area contributed by atoms with Crippen LogP contribution in [-0.2, 0) is 9.59 Å². The first-order valence-electron chi connectivity index (χ1n) is 2.74. The van der Waals surface area contributed by atoms with Crippen LogP contribution in [0.3, 0.4) is 0 Å². The molecule has 0 aliphatic rings. The highest BCUT2D eigenvalue weighted by molar-refractivity contribution is 6.01. The lowest BCUT2D eigenvalue weighted by atomic mass is 10.1. The van der Waals surface area contributed by atoms with Crippen molar-refractivity contribution >= 4 is 11.6 Å². The molecule has 0 aromatic rings. The molecule has 0 N–H and O–H groups in total. The first-order chi connectivity index (χ1) is 4.34. The standard InChI is InChI=1S/C6H8F2O2/c1-4(9)3-5(10)6(2,7)8/h3H2,1-2H3. The van der Waals surface area contributed by atoms with Crippen LogP contribution in [0.2, 0.25) is 0 Å². The molecule has 0 aliphatic heterocycles. The quantitative estimate of drug-likeness (QED) is 0.566. The Labute approximate surface area is 57.2 Å². The molecule has 0 amide bonds. The summed E-state index contributed by atoms with van der Waals surface area (Å²) in [5.74, 6) is -5.22. The van der Waals surface area contributed by atoms with E-state index in [4.69, 9.17) is 0 Å². The Hall–Kier alpha value is -0.800. The zero-order chi connectivity index (χ0) is 8.36. The molecule has 0 rings (SSSR count). The summed E-state index contributed by atoms with van der Waals surface area (Å²) in [7, 11) is 0. The lowest BCUT2D eigenvalue weighted by Gasteiger charge is -2.05. The van der Waals surface area contributed by atoms with Gasteiger partial charge in [-0.1, -0.05) is 0 Å². The molecule has 2 nitrogen and oxygen atoms in total. The van der Waals surface area contributed by atoms with Crippen LogP contribution in [0.5, 0.6) is 0 Å². The summed E-state index contributed by atoms with van der Waals surface area (Å²) in [6.45, 7) is 1.59. The van der Waals surface area contributed by atoms with Gasteiger partial charge in [-0.05, 0) is 6.92 Å². The minimum absolute atomic E-state index is 0.484. The summed E-state index contributed by atoms with van der Waals surface area (Å²) in [4.78, 5) is 20.5. The topological polar surface area (TPSA) is 34.1 Å². The van der Waals surface area contributed by atoms with Crippen molar-refractivity contribution in [1.82, 2.24) is 0 Å². The van der Waals surface area contributed by atoms with Gasteiger partial charge in [0.25, 0.3) is 0 Å². The summed E-state index contributed by atoms with van der Waals surface area (Å²) < 4.78 is 23.9. The van der Waals surface area contributed by atoms with E-state index in [9.17, 15) is 18.4 Å². The van der Waals surface area contributed by atoms with Crippen molar-refractivity contribution in [2.24, 2.45) is 0 Å². The summed E-state index contributed by atoms with van der Waals surface area (Å²) in [6, 6.07) is 0. The predicted octanol–water partition coefficient (Wildman–Crippen LogP) is 1.19. The second-order valence-corrected chi connectivity index (χ2v) is 2.19. The molecule has 0 unspecified atom stereocenters. The lowest BCUT2D eigenvalue weighted by molar-refractivity contribution is -0.143. The van der Waals surface area contributed by atoms with Crippen molar-refractivity contribution in [3.63, 3.8) is 0 Å². The SMILES string of the molecule is CC(=O)CC(=O)C(C)(F)F. The molecule has 10 heavy (non-hydrogen) atoms. The van der Waals surface area contributed by atoms with E-state index >= 15 is 0 Å². The van der Waals surface area contributed by atoms with Gasteiger partial charge in [-0.25, -0.2) is 0 Å². The lowest BCUT2D eigenvalue weighted by Crippen LogP contribution is -2.25. The van der Waals surface area contributed by atoms with Crippen LogP contribution in [0, 0.1) is 0 Å². The van der Waals surface area contributed by atoms with Crippen molar-refractivity contribution in [1.29, 1.82) is 0 Å². The molecule has 0 saturated carbocycles. The molecule has 4 heteroatoms. The normalized spacial score (nSPS) is 11.2. The van der Waals surface area contributed by atoms with Gasteiger partial charge in [-0.3, -0.25) is 9.59 Å². The highest BCUT2D eigenvalue weighted by Crippen LogP contribution is 2.14. The fourth-order valence-corrected chi connectivity index (χ4v) is 0.381. The third kappa shape index (κ3) is 3.27. The first kappa shape index (κ1) is 9.20. The Morgan fingerprint density at radius 3 is 1.90 bits per heavy atom. The van der Waals surface area contributed by atoms with Crippen molar-refractivity contribution in [2.75, 3.05) is 0 Å². The van der Waals surface area contributed by atoms with Crippen molar-refractivity contribution in [3.05, 3.63) is 0 Å². The second-order valence-electron chi connectivity index (χ2n) is 2.19. The molecular formula is C6H8F2O2. The third-order valence-electron chi connectivity index (χ3n) is 0.899. The summed E-state index contributed by atoms with van der Waals surface area (Å²) in [6.07, 6.45) is -0.677. The summed E-state index contributed by atoms with van der Waals surface area (Å²) in [5.41, 5.74) is 0. The van der Waals surface area contributed by atoms with Crippen LogP contribution >= 0.6 is 0 Å². The van der Waals surface area contributed by atoms with Crippen LogP contribution < -0.4 is 0 Å². The van der Waals surface area contributed by atoms with Gasteiger partial charge in [0.05, 0.1) is 6.42 Å². The monoisotopic (exact) mass is 150 g/mol. The van der Waals surface area contributed by atoms with Crippen LogP contribution in [-0.4, -0.2) is 17.5 Å². The van der Waals surface area contributed by atoms with Crippen LogP contribution in [0.25, 0.3) is 0 Å². The van der Waals surface area contributed by atoms with Gasteiger partial charge in [0.15, 0.2) is 0 Å². The Morgan fingerprint density at radius 2 is 1.80 bits per heavy atom. The number of alkyl halides is 2. The Balaban J connectivity index is 3.99. The first-order valence-corrected chi connectivity index (χ1v) is 2.74. The molecule has 0 bridgehead atoms. The minimum atomic E-state index is -3.37. The van der Waals surface area contributed by atoms with Crippen molar-refractivity contribution < 1.29 is 18.4 Å². The van der Waals surface area contributed by atoms with E-state index in [1.54, 1.807) is 0 Å². The van der Waals surface area contributed by atoms with Crippen LogP contribution in [0.4, 0.5) is 8.78 Å². The van der Waals surface area contributed by atoms with E-state index < -0.39 is 23.9 Å². The Morgan fingerprint density at radius 1 is 1.40 bits per heavy atom. The minimum Gasteiger partial charge on any atom is -0.300 e. The smallest absolute Gasteiger partial charge is 0.300 e. The summed E-state index contributed by atoms with van der Waals surface area (Å²) >= 11 is 0. The zero-order valence-corrected chi connectivity index (χ0v) is 5.78. The number of ketones is 2. The Kier molecular flexibility index (Phi) is 2.63. The number of Topliss-reactive ketones (excluding diaryl/α,β-unsaturated/α-hetero) is 2. The fourth-order valence-electron chi connectivity index (χ4n) is 0.381. The van der Waals surface area contributed by atoms with Crippen molar-refractivity contribution in [3.8, 4) is 0 Å². The van der Waals surface area contributed by atoms with Gasteiger partial charge in [0, 0.05) is 6.92 Å². The molecule has 0 aromatic heterocycles. The fraction of sp³-hybridized carbons (Fsp3) is 0.667. The molecule has 0 fully saturated rings. The average molecular weight is 150 g/mol. The number of carbonyl (C=O) groups is 2. The summed E-state index contributed by atoms with van der Waals surface area (Å²) in [5, 5.41) is 0. The van der Waals surface area contributed by atoms with Crippen LogP contribution in [0.1, 0.15) is 20.3 Å². The van der Waals surface area contributed by atoms with E-state index in [0.29, 0.717) is 6.92 Å². The molecule has 0 aliphatic carbocycles. The number of halogens is 2. The predicted molar refractivity (Wildman–Crippen MR) is 30.9 cm³/mol. The highest BCUT2D eigenvalue weighted by atomic mass is 19.3. The number of hydrogen-bond donors (Lipinski definition) is 0. The van der Waals surface area contributed by atoms with Gasteiger partial charge in [-0.15, -0.1) is 0 Å². The molecule has 0 aromatic carbocycles. The number of hydrogen-bond acceptors (Lipinski definition) is 2. The molecular weight excluding hydrogens is 142 g/mol. The van der Waals surface area contributed by atoms with E-state index in [-0.39, 0.29) is 0 Å². The maximum absolute atomic E-state index is 12.0. The van der Waals surface area contributed by atoms with Gasteiger partial charge in [-0.2, -0.15) is 8.78 Å². The van der Waals surface area contributed by atoms with Gasteiger partial charge >= 0.3 is 5.92 Å². The molecule has 0 atom stereocenters. The maximum Gasteiger partial charge on any atom is 0.302 e. The molecule has 0 heterocycles. The molecule has 0 radical (unpaired) electrons. The Bertz CT molecular complexity index is 158. The maximum atomic E-state index is 12.0. The average Bonchev–Trinajstić information content (AvgIpc) is 1.60. The van der Waals surface area contributed by atoms with Gasteiger partial charge in [0.1, 0.15) is 5.78 Å². The van der Waals surface area contributed by atoms with Crippen molar-refractivity contribution in [2.45, 2.75) is 26.2 Å². The van der Waals surface area contributed by atoms with Crippen LogP contribution in [0.15, 0.2) is 0 Å². The van der Waals surface area contributed by atoms with Gasteiger partial charge < -0.3 is 0 Å². The number of carbonyl (C=O) groups excluding carboxylic acids is 2. The molecule has 0 spiro atoms. The molecule has 0 saturated heterocycles. The zero-order valence-electron chi connectivity index (χ0n) is 5.78. The molecule has 58 valence electrons. The van der Waals surface area contributed by atoms with E-state index in [2.05, 4.69) is 0 Å². The number of rotatable bonds is 3. The van der Waals surface area contributed by atoms with E-state index in [1.165, 1.54) is 0 Å². The largest absolute Gasteiger partial charge is 0.302 e.